The summed E-state index contributed by atoms with van der Waals surface area (Å²) in [6.45, 7) is 10.2. The Morgan fingerprint density at radius 2 is 2.00 bits per heavy atom. The SMILES string of the molecule is CCNC(=NCCc1c(C)nn(C)c1C)Nc1ccc(OCC)c(OC)c1. The number of nitrogens with zero attached hydrogens (tertiary/aromatic N) is 3. The smallest absolute Gasteiger partial charge is 0.195 e. The zero-order valence-electron chi connectivity index (χ0n) is 17.2. The summed E-state index contributed by atoms with van der Waals surface area (Å²) in [4.78, 5) is 4.70. The van der Waals surface area contributed by atoms with Gasteiger partial charge in [-0.05, 0) is 51.8 Å². The minimum atomic E-state index is 0.598. The van der Waals surface area contributed by atoms with Crippen molar-refractivity contribution in [3.8, 4) is 11.5 Å². The minimum absolute atomic E-state index is 0.598. The van der Waals surface area contributed by atoms with Gasteiger partial charge in [0, 0.05) is 37.6 Å². The third kappa shape index (κ3) is 5.39. The monoisotopic (exact) mass is 373 g/mol. The lowest BCUT2D eigenvalue weighted by Crippen LogP contribution is -2.31. The number of rotatable bonds is 8. The van der Waals surface area contributed by atoms with Crippen LogP contribution < -0.4 is 20.1 Å². The highest BCUT2D eigenvalue weighted by Crippen LogP contribution is 2.30. The number of nitrogens with one attached hydrogen (secondary N) is 2. The van der Waals surface area contributed by atoms with Gasteiger partial charge < -0.3 is 20.1 Å². The molecule has 7 nitrogen and oxygen atoms in total. The summed E-state index contributed by atoms with van der Waals surface area (Å²) in [6, 6.07) is 5.76. The molecule has 2 rings (SSSR count). The summed E-state index contributed by atoms with van der Waals surface area (Å²) in [5, 5.41) is 11.1. The Morgan fingerprint density at radius 1 is 1.22 bits per heavy atom. The van der Waals surface area contributed by atoms with Crippen molar-refractivity contribution in [3.63, 3.8) is 0 Å². The lowest BCUT2D eigenvalue weighted by molar-refractivity contribution is 0.311. The molecule has 1 aromatic heterocycles. The summed E-state index contributed by atoms with van der Waals surface area (Å²) in [7, 11) is 3.61. The number of benzene rings is 1. The summed E-state index contributed by atoms with van der Waals surface area (Å²) in [5.41, 5.74) is 4.42. The van der Waals surface area contributed by atoms with E-state index in [2.05, 4.69) is 22.7 Å². The Labute approximate surface area is 161 Å². The van der Waals surface area contributed by atoms with Gasteiger partial charge in [0.05, 0.1) is 19.4 Å². The molecular formula is C20H31N5O2. The first-order valence-corrected chi connectivity index (χ1v) is 9.35. The van der Waals surface area contributed by atoms with E-state index in [1.165, 1.54) is 11.3 Å². The molecular weight excluding hydrogens is 342 g/mol. The molecule has 2 aromatic rings. The molecule has 7 heteroatoms. The Bertz CT molecular complexity index is 783. The average molecular weight is 374 g/mol. The van der Waals surface area contributed by atoms with E-state index in [1.54, 1.807) is 7.11 Å². The van der Waals surface area contributed by atoms with Crippen molar-refractivity contribution in [1.29, 1.82) is 0 Å². The van der Waals surface area contributed by atoms with Crippen LogP contribution in [0.25, 0.3) is 0 Å². The van der Waals surface area contributed by atoms with Gasteiger partial charge in [-0.3, -0.25) is 9.67 Å². The fraction of sp³-hybridized carbons (Fsp3) is 0.500. The number of guanidine groups is 1. The van der Waals surface area contributed by atoms with E-state index in [9.17, 15) is 0 Å². The van der Waals surface area contributed by atoms with Crippen LogP contribution in [-0.4, -0.2) is 42.5 Å². The number of aromatic nitrogens is 2. The molecule has 0 saturated carbocycles. The first-order chi connectivity index (χ1) is 13.0. The fourth-order valence-electron chi connectivity index (χ4n) is 2.92. The topological polar surface area (TPSA) is 72.7 Å². The molecule has 0 aliphatic carbocycles. The van der Waals surface area contributed by atoms with E-state index in [1.807, 2.05) is 50.7 Å². The van der Waals surface area contributed by atoms with E-state index >= 15 is 0 Å². The zero-order chi connectivity index (χ0) is 19.8. The molecule has 0 aliphatic rings. The van der Waals surface area contributed by atoms with Crippen LogP contribution in [-0.2, 0) is 13.5 Å². The van der Waals surface area contributed by atoms with Gasteiger partial charge in [-0.25, -0.2) is 0 Å². The molecule has 0 spiro atoms. The van der Waals surface area contributed by atoms with Crippen LogP contribution in [0.1, 0.15) is 30.8 Å². The molecule has 1 aromatic carbocycles. The number of anilines is 1. The van der Waals surface area contributed by atoms with Crippen molar-refractivity contribution in [3.05, 3.63) is 35.2 Å². The number of ether oxygens (including phenoxy) is 2. The lowest BCUT2D eigenvalue weighted by Gasteiger charge is -2.14. The molecule has 148 valence electrons. The minimum Gasteiger partial charge on any atom is -0.493 e. The molecule has 0 aliphatic heterocycles. The van der Waals surface area contributed by atoms with Crippen LogP contribution >= 0.6 is 0 Å². The van der Waals surface area contributed by atoms with Crippen LogP contribution in [0.5, 0.6) is 11.5 Å². The Hall–Kier alpha value is -2.70. The lowest BCUT2D eigenvalue weighted by atomic mass is 10.1. The largest absolute Gasteiger partial charge is 0.493 e. The van der Waals surface area contributed by atoms with E-state index < -0.39 is 0 Å². The van der Waals surface area contributed by atoms with Crippen LogP contribution in [0.15, 0.2) is 23.2 Å². The Morgan fingerprint density at radius 3 is 2.59 bits per heavy atom. The molecule has 0 amide bonds. The van der Waals surface area contributed by atoms with Gasteiger partial charge >= 0.3 is 0 Å². The first-order valence-electron chi connectivity index (χ1n) is 9.35. The van der Waals surface area contributed by atoms with Crippen molar-refractivity contribution >= 4 is 11.6 Å². The van der Waals surface area contributed by atoms with Crippen LogP contribution in [0, 0.1) is 13.8 Å². The second-order valence-electron chi connectivity index (χ2n) is 6.21. The summed E-state index contributed by atoms with van der Waals surface area (Å²) in [6.07, 6.45) is 0.856. The van der Waals surface area contributed by atoms with E-state index in [-0.39, 0.29) is 0 Å². The standard InChI is InChI=1S/C20H31N5O2/c1-7-21-20(22-12-11-17-14(3)24-25(5)15(17)4)23-16-9-10-18(27-8-2)19(13-16)26-6/h9-10,13H,7-8,11-12H2,1-6H3,(H2,21,22,23). The van der Waals surface area contributed by atoms with Crippen LogP contribution in [0.4, 0.5) is 5.69 Å². The van der Waals surface area contributed by atoms with Gasteiger partial charge in [0.15, 0.2) is 17.5 Å². The molecule has 0 atom stereocenters. The molecule has 0 radical (unpaired) electrons. The van der Waals surface area contributed by atoms with Crippen molar-refractivity contribution in [2.75, 3.05) is 32.1 Å². The highest BCUT2D eigenvalue weighted by atomic mass is 16.5. The number of methoxy groups -OCH3 is 1. The van der Waals surface area contributed by atoms with Crippen LogP contribution in [0.3, 0.4) is 0 Å². The van der Waals surface area contributed by atoms with E-state index in [4.69, 9.17) is 14.5 Å². The van der Waals surface area contributed by atoms with Crippen molar-refractivity contribution in [2.24, 2.45) is 12.0 Å². The number of hydrogen-bond acceptors (Lipinski definition) is 4. The predicted molar refractivity (Wildman–Crippen MR) is 110 cm³/mol. The third-order valence-corrected chi connectivity index (χ3v) is 4.36. The maximum Gasteiger partial charge on any atom is 0.195 e. The average Bonchev–Trinajstić information content (AvgIpc) is 2.89. The fourth-order valence-corrected chi connectivity index (χ4v) is 2.92. The van der Waals surface area contributed by atoms with Crippen LogP contribution in [0.2, 0.25) is 0 Å². The summed E-state index contributed by atoms with van der Waals surface area (Å²) in [5.74, 6) is 2.16. The quantitative estimate of drug-likeness (QED) is 0.550. The van der Waals surface area contributed by atoms with Crippen molar-refractivity contribution < 1.29 is 9.47 Å². The molecule has 0 saturated heterocycles. The maximum atomic E-state index is 5.57. The Kier molecular flexibility index (Phi) is 7.52. The molecule has 1 heterocycles. The third-order valence-electron chi connectivity index (χ3n) is 4.36. The Balaban J connectivity index is 2.09. The predicted octanol–water partition coefficient (Wildman–Crippen LogP) is 3.06. The van der Waals surface area contributed by atoms with Gasteiger partial charge in [0.1, 0.15) is 0 Å². The second kappa shape index (κ2) is 9.85. The highest BCUT2D eigenvalue weighted by molar-refractivity contribution is 5.93. The van der Waals surface area contributed by atoms with Gasteiger partial charge in [0.25, 0.3) is 0 Å². The molecule has 0 bridgehead atoms. The van der Waals surface area contributed by atoms with Gasteiger partial charge in [-0.2, -0.15) is 5.10 Å². The second-order valence-corrected chi connectivity index (χ2v) is 6.21. The maximum absolute atomic E-state index is 5.57. The molecule has 2 N–H and O–H groups in total. The van der Waals surface area contributed by atoms with E-state index in [0.29, 0.717) is 18.9 Å². The zero-order valence-corrected chi connectivity index (χ0v) is 17.2. The molecule has 27 heavy (non-hydrogen) atoms. The number of aliphatic imine (C=N–C) groups is 1. The highest BCUT2D eigenvalue weighted by Gasteiger charge is 2.09. The molecule has 0 fully saturated rings. The van der Waals surface area contributed by atoms with Gasteiger partial charge in [-0.15, -0.1) is 0 Å². The number of aryl methyl sites for hydroxylation is 2. The van der Waals surface area contributed by atoms with Crippen molar-refractivity contribution in [1.82, 2.24) is 15.1 Å². The summed E-state index contributed by atoms with van der Waals surface area (Å²) < 4.78 is 12.9. The molecule has 0 unspecified atom stereocenters. The summed E-state index contributed by atoms with van der Waals surface area (Å²) >= 11 is 0. The van der Waals surface area contributed by atoms with Gasteiger partial charge in [0.2, 0.25) is 0 Å². The van der Waals surface area contributed by atoms with Crippen molar-refractivity contribution in [2.45, 2.75) is 34.1 Å². The van der Waals surface area contributed by atoms with Gasteiger partial charge in [-0.1, -0.05) is 0 Å². The van der Waals surface area contributed by atoms with E-state index in [0.717, 1.165) is 36.1 Å². The first kappa shape index (κ1) is 20.6. The normalized spacial score (nSPS) is 11.4. The number of hydrogen-bond donors (Lipinski definition) is 2.